The zero-order valence-electron chi connectivity index (χ0n) is 16.6. The molecule has 4 rings (SSSR count). The number of nitrogens with zero attached hydrogens (tertiary/aromatic N) is 3. The summed E-state index contributed by atoms with van der Waals surface area (Å²) in [6, 6.07) is 10.6. The van der Waals surface area contributed by atoms with Crippen LogP contribution < -0.4 is 0 Å². The van der Waals surface area contributed by atoms with Crippen molar-refractivity contribution in [2.24, 2.45) is 5.92 Å². The fourth-order valence-corrected chi connectivity index (χ4v) is 4.90. The van der Waals surface area contributed by atoms with Crippen LogP contribution in [0.15, 0.2) is 41.8 Å². The molecule has 3 amide bonds. The molecule has 0 bridgehead atoms. The second-order valence-electron chi connectivity index (χ2n) is 7.69. The summed E-state index contributed by atoms with van der Waals surface area (Å²) in [6.07, 6.45) is 1.60. The number of piperidine rings is 1. The predicted molar refractivity (Wildman–Crippen MR) is 117 cm³/mol. The van der Waals surface area contributed by atoms with E-state index in [-0.39, 0.29) is 23.6 Å². The fraction of sp³-hybridized carbons (Fsp3) is 0.409. The molecule has 0 saturated carbocycles. The van der Waals surface area contributed by atoms with E-state index in [1.165, 1.54) is 11.3 Å². The lowest BCUT2D eigenvalue weighted by Gasteiger charge is -2.39. The van der Waals surface area contributed by atoms with E-state index in [0.29, 0.717) is 49.9 Å². The van der Waals surface area contributed by atoms with Gasteiger partial charge in [-0.3, -0.25) is 14.4 Å². The maximum absolute atomic E-state index is 13.1. The Morgan fingerprint density at radius 1 is 0.867 bits per heavy atom. The predicted octanol–water partition coefficient (Wildman–Crippen LogP) is 3.24. The van der Waals surface area contributed by atoms with Crippen molar-refractivity contribution in [3.05, 3.63) is 57.2 Å². The van der Waals surface area contributed by atoms with Gasteiger partial charge < -0.3 is 14.7 Å². The molecule has 2 aliphatic rings. The molecule has 8 heteroatoms. The second-order valence-corrected chi connectivity index (χ2v) is 9.08. The van der Waals surface area contributed by atoms with E-state index in [1.54, 1.807) is 29.2 Å². The van der Waals surface area contributed by atoms with Crippen molar-refractivity contribution in [3.63, 3.8) is 0 Å². The van der Waals surface area contributed by atoms with Crippen LogP contribution in [0.1, 0.15) is 32.9 Å². The first-order valence-corrected chi connectivity index (χ1v) is 11.4. The molecular formula is C22H24ClN3O3S. The first-order valence-electron chi connectivity index (χ1n) is 10.2. The van der Waals surface area contributed by atoms with E-state index >= 15 is 0 Å². The van der Waals surface area contributed by atoms with Crippen molar-refractivity contribution in [2.45, 2.75) is 12.8 Å². The molecular weight excluding hydrogens is 422 g/mol. The van der Waals surface area contributed by atoms with E-state index in [1.807, 2.05) is 27.3 Å². The molecule has 3 heterocycles. The number of hydrogen-bond donors (Lipinski definition) is 0. The van der Waals surface area contributed by atoms with Crippen LogP contribution in [0, 0.1) is 5.92 Å². The number of piperazine rings is 1. The smallest absolute Gasteiger partial charge is 0.264 e. The molecule has 30 heavy (non-hydrogen) atoms. The molecule has 2 saturated heterocycles. The Balaban J connectivity index is 1.33. The third-order valence-corrected chi connectivity index (χ3v) is 6.87. The van der Waals surface area contributed by atoms with Crippen LogP contribution in [0.25, 0.3) is 0 Å². The van der Waals surface area contributed by atoms with Crippen molar-refractivity contribution in [1.82, 2.24) is 14.7 Å². The Morgan fingerprint density at radius 2 is 1.57 bits per heavy atom. The van der Waals surface area contributed by atoms with Gasteiger partial charge in [0, 0.05) is 49.9 Å². The van der Waals surface area contributed by atoms with Gasteiger partial charge in [-0.2, -0.15) is 0 Å². The molecule has 0 aliphatic carbocycles. The van der Waals surface area contributed by atoms with Crippen molar-refractivity contribution >= 4 is 40.7 Å². The molecule has 2 aliphatic heterocycles. The highest BCUT2D eigenvalue weighted by atomic mass is 35.5. The summed E-state index contributed by atoms with van der Waals surface area (Å²) >= 11 is 7.35. The maximum Gasteiger partial charge on any atom is 0.264 e. The molecule has 2 fully saturated rings. The Bertz CT molecular complexity index is 908. The quantitative estimate of drug-likeness (QED) is 0.728. The highest BCUT2D eigenvalue weighted by Gasteiger charge is 2.33. The third-order valence-electron chi connectivity index (χ3n) is 5.76. The van der Waals surface area contributed by atoms with Crippen molar-refractivity contribution in [1.29, 1.82) is 0 Å². The summed E-state index contributed by atoms with van der Waals surface area (Å²) in [7, 11) is 0. The first-order chi connectivity index (χ1) is 14.5. The fourth-order valence-electron chi connectivity index (χ4n) is 4.08. The van der Waals surface area contributed by atoms with Crippen LogP contribution in [0.2, 0.25) is 5.02 Å². The Hall–Kier alpha value is -2.38. The van der Waals surface area contributed by atoms with Gasteiger partial charge >= 0.3 is 0 Å². The molecule has 1 aromatic heterocycles. The van der Waals surface area contributed by atoms with Gasteiger partial charge in [0.1, 0.15) is 0 Å². The molecule has 158 valence electrons. The third kappa shape index (κ3) is 4.52. The van der Waals surface area contributed by atoms with Crippen LogP contribution >= 0.6 is 22.9 Å². The number of thiophene rings is 1. The zero-order chi connectivity index (χ0) is 21.1. The summed E-state index contributed by atoms with van der Waals surface area (Å²) in [5, 5.41) is 2.49. The van der Waals surface area contributed by atoms with Crippen LogP contribution in [0.5, 0.6) is 0 Å². The van der Waals surface area contributed by atoms with Gasteiger partial charge in [0.2, 0.25) is 5.91 Å². The maximum atomic E-state index is 13.1. The topological polar surface area (TPSA) is 60.9 Å². The number of carbonyl (C=O) groups excluding carboxylic acids is 3. The second kappa shape index (κ2) is 9.18. The van der Waals surface area contributed by atoms with E-state index in [0.717, 1.165) is 17.7 Å². The lowest BCUT2D eigenvalue weighted by molar-refractivity contribution is -0.138. The van der Waals surface area contributed by atoms with Crippen LogP contribution in [0.4, 0.5) is 0 Å². The van der Waals surface area contributed by atoms with Crippen LogP contribution in [-0.2, 0) is 4.79 Å². The number of halogens is 1. The van der Waals surface area contributed by atoms with Gasteiger partial charge in [-0.1, -0.05) is 17.7 Å². The van der Waals surface area contributed by atoms with Gasteiger partial charge in [0.15, 0.2) is 0 Å². The van der Waals surface area contributed by atoms with Gasteiger partial charge in [0.25, 0.3) is 11.8 Å². The monoisotopic (exact) mass is 445 g/mol. The highest BCUT2D eigenvalue weighted by Crippen LogP contribution is 2.22. The van der Waals surface area contributed by atoms with Crippen molar-refractivity contribution in [3.8, 4) is 0 Å². The van der Waals surface area contributed by atoms with Crippen LogP contribution in [0.3, 0.4) is 0 Å². The lowest BCUT2D eigenvalue weighted by Crippen LogP contribution is -2.54. The van der Waals surface area contributed by atoms with E-state index < -0.39 is 0 Å². The Morgan fingerprint density at radius 3 is 2.23 bits per heavy atom. The lowest BCUT2D eigenvalue weighted by atomic mass is 9.95. The largest absolute Gasteiger partial charge is 0.339 e. The molecule has 0 spiro atoms. The van der Waals surface area contributed by atoms with E-state index in [9.17, 15) is 14.4 Å². The average molecular weight is 446 g/mol. The Kier molecular flexibility index (Phi) is 6.39. The van der Waals surface area contributed by atoms with Gasteiger partial charge in [-0.25, -0.2) is 0 Å². The van der Waals surface area contributed by atoms with Gasteiger partial charge in [-0.15, -0.1) is 11.3 Å². The van der Waals surface area contributed by atoms with Crippen molar-refractivity contribution < 1.29 is 14.4 Å². The van der Waals surface area contributed by atoms with Gasteiger partial charge in [-0.05, 0) is 48.6 Å². The van der Waals surface area contributed by atoms with E-state index in [2.05, 4.69) is 0 Å². The van der Waals surface area contributed by atoms with Crippen LogP contribution in [-0.4, -0.2) is 71.7 Å². The molecule has 2 aromatic rings. The number of benzene rings is 1. The minimum absolute atomic E-state index is 0.0366. The Labute approximate surface area is 185 Å². The molecule has 1 unspecified atom stereocenters. The number of carbonyl (C=O) groups is 3. The standard InChI is InChI=1S/C22H24ClN3O3S/c23-18-7-5-16(6-8-18)20(27)26-9-1-3-17(15-26)21(28)24-10-12-25(13-11-24)22(29)19-4-2-14-30-19/h2,4-8,14,17H,1,3,9-13,15H2. The number of hydrogen-bond acceptors (Lipinski definition) is 4. The summed E-state index contributed by atoms with van der Waals surface area (Å²) < 4.78 is 0. The number of amides is 3. The molecule has 1 atom stereocenters. The minimum Gasteiger partial charge on any atom is -0.339 e. The minimum atomic E-state index is -0.186. The summed E-state index contributed by atoms with van der Waals surface area (Å²) in [5.74, 6) is -0.119. The summed E-state index contributed by atoms with van der Waals surface area (Å²) in [4.78, 5) is 44.5. The summed E-state index contributed by atoms with van der Waals surface area (Å²) in [5.41, 5.74) is 0.591. The number of likely N-dealkylation sites (tertiary alicyclic amines) is 1. The zero-order valence-corrected chi connectivity index (χ0v) is 18.2. The average Bonchev–Trinajstić information content (AvgIpc) is 3.33. The number of rotatable bonds is 3. The SMILES string of the molecule is O=C(c1ccc(Cl)cc1)N1CCCC(C(=O)N2CCN(C(=O)c3cccs3)CC2)C1. The van der Waals surface area contributed by atoms with Gasteiger partial charge in [0.05, 0.1) is 10.8 Å². The molecule has 6 nitrogen and oxygen atoms in total. The summed E-state index contributed by atoms with van der Waals surface area (Å²) in [6.45, 7) is 3.27. The molecule has 0 N–H and O–H groups in total. The van der Waals surface area contributed by atoms with E-state index in [4.69, 9.17) is 11.6 Å². The molecule has 0 radical (unpaired) electrons. The van der Waals surface area contributed by atoms with Crippen molar-refractivity contribution in [2.75, 3.05) is 39.3 Å². The highest BCUT2D eigenvalue weighted by molar-refractivity contribution is 7.12. The normalized spacial score (nSPS) is 19.6. The first kappa shape index (κ1) is 20.9. The molecule has 1 aromatic carbocycles.